The van der Waals surface area contributed by atoms with Crippen molar-refractivity contribution in [2.24, 2.45) is 0 Å². The van der Waals surface area contributed by atoms with Gasteiger partial charge >= 0.3 is 6.03 Å². The molecule has 6 heteroatoms. The first-order valence-electron chi connectivity index (χ1n) is 9.46. The zero-order chi connectivity index (χ0) is 20.4. The zero-order valence-corrected chi connectivity index (χ0v) is 16.4. The van der Waals surface area contributed by atoms with E-state index in [1.54, 1.807) is 24.9 Å². The van der Waals surface area contributed by atoms with Gasteiger partial charge in [0.15, 0.2) is 0 Å². The molecule has 6 nitrogen and oxygen atoms in total. The summed E-state index contributed by atoms with van der Waals surface area (Å²) in [5.74, 6) is 6.59. The fourth-order valence-corrected chi connectivity index (χ4v) is 3.18. The zero-order valence-electron chi connectivity index (χ0n) is 16.4. The van der Waals surface area contributed by atoms with Crippen LogP contribution in [-0.2, 0) is 0 Å². The molecular weight excluding hydrogens is 364 g/mol. The number of anilines is 1. The summed E-state index contributed by atoms with van der Waals surface area (Å²) in [4.78, 5) is 18.2. The Balaban J connectivity index is 1.64. The molecule has 0 aliphatic carbocycles. The summed E-state index contributed by atoms with van der Waals surface area (Å²) in [5, 5.41) is 12.6. The molecule has 0 atom stereocenters. The van der Waals surface area contributed by atoms with E-state index in [-0.39, 0.29) is 6.03 Å². The second-order valence-electron chi connectivity index (χ2n) is 7.41. The monoisotopic (exact) mass is 386 g/mol. The Morgan fingerprint density at radius 3 is 2.59 bits per heavy atom. The summed E-state index contributed by atoms with van der Waals surface area (Å²) in [5.41, 5.74) is 2.55. The highest BCUT2D eigenvalue weighted by molar-refractivity contribution is 5.94. The van der Waals surface area contributed by atoms with E-state index < -0.39 is 5.60 Å². The predicted molar refractivity (Wildman–Crippen MR) is 113 cm³/mol. The lowest BCUT2D eigenvalue weighted by molar-refractivity contribution is 0.143. The lowest BCUT2D eigenvalue weighted by Gasteiger charge is -2.16. The summed E-state index contributed by atoms with van der Waals surface area (Å²) in [6.45, 7) is 4.63. The first-order chi connectivity index (χ1) is 13.9. The van der Waals surface area contributed by atoms with E-state index in [1.807, 2.05) is 59.3 Å². The van der Waals surface area contributed by atoms with E-state index in [2.05, 4.69) is 22.1 Å². The van der Waals surface area contributed by atoms with E-state index in [0.717, 1.165) is 28.3 Å². The summed E-state index contributed by atoms with van der Waals surface area (Å²) >= 11 is 0. The van der Waals surface area contributed by atoms with Crippen LogP contribution >= 0.6 is 0 Å². The third-order valence-corrected chi connectivity index (χ3v) is 4.57. The number of benzene rings is 2. The molecule has 1 saturated heterocycles. The van der Waals surface area contributed by atoms with Crippen LogP contribution in [0.2, 0.25) is 0 Å². The largest absolute Gasteiger partial charge is 0.378 e. The first-order valence-corrected chi connectivity index (χ1v) is 9.46. The fourth-order valence-electron chi connectivity index (χ4n) is 3.18. The van der Waals surface area contributed by atoms with Gasteiger partial charge in [-0.1, -0.05) is 30.0 Å². The Kier molecular flexibility index (Phi) is 4.83. The number of nitrogens with one attached hydrogen (secondary N) is 1. The van der Waals surface area contributed by atoms with Crippen LogP contribution in [0.15, 0.2) is 60.9 Å². The van der Waals surface area contributed by atoms with Crippen LogP contribution in [0.5, 0.6) is 0 Å². The van der Waals surface area contributed by atoms with Crippen molar-refractivity contribution in [3.8, 4) is 28.9 Å². The van der Waals surface area contributed by atoms with E-state index >= 15 is 0 Å². The van der Waals surface area contributed by atoms with Crippen molar-refractivity contribution >= 4 is 11.7 Å². The molecule has 2 N–H and O–H groups in total. The number of carbonyl (C=O) groups excluding carboxylic acids is 1. The van der Waals surface area contributed by atoms with Crippen molar-refractivity contribution in [3.63, 3.8) is 0 Å². The standard InChI is InChI=1S/C23H22N4O2/c1-23(2,29)11-10-17-6-8-18(9-7-17)21-24-12-14-26(21)19-4-3-5-20(16-19)27-15-13-25-22(27)28/h3-9,12,14,16,29H,13,15H2,1-2H3,(H,25,28). The Bertz CT molecular complexity index is 1100. The van der Waals surface area contributed by atoms with Gasteiger partial charge in [-0.3, -0.25) is 9.47 Å². The van der Waals surface area contributed by atoms with Crippen LogP contribution in [0.1, 0.15) is 19.4 Å². The van der Waals surface area contributed by atoms with Crippen molar-refractivity contribution in [1.82, 2.24) is 14.9 Å². The van der Waals surface area contributed by atoms with E-state index in [0.29, 0.717) is 13.1 Å². The smallest absolute Gasteiger partial charge is 0.321 e. The number of amides is 2. The normalized spacial score (nSPS) is 13.8. The van der Waals surface area contributed by atoms with Crippen LogP contribution in [-0.4, -0.2) is 39.4 Å². The minimum absolute atomic E-state index is 0.0734. The molecule has 1 aromatic heterocycles. The quantitative estimate of drug-likeness (QED) is 0.679. The molecular formula is C23H22N4O2. The maximum Gasteiger partial charge on any atom is 0.321 e. The minimum Gasteiger partial charge on any atom is -0.378 e. The molecule has 0 spiro atoms. The molecule has 0 saturated carbocycles. The number of urea groups is 1. The average Bonchev–Trinajstić information content (AvgIpc) is 3.35. The third kappa shape index (κ3) is 4.15. The van der Waals surface area contributed by atoms with Crippen LogP contribution in [0, 0.1) is 11.8 Å². The Morgan fingerprint density at radius 2 is 1.90 bits per heavy atom. The molecule has 3 aromatic rings. The summed E-state index contributed by atoms with van der Waals surface area (Å²) in [6.07, 6.45) is 3.66. The summed E-state index contributed by atoms with van der Waals surface area (Å²) in [7, 11) is 0. The number of hydrogen-bond acceptors (Lipinski definition) is 3. The lowest BCUT2D eigenvalue weighted by atomic mass is 10.1. The average molecular weight is 386 g/mol. The van der Waals surface area contributed by atoms with Crippen molar-refractivity contribution in [3.05, 3.63) is 66.5 Å². The van der Waals surface area contributed by atoms with Gasteiger partial charge in [0.2, 0.25) is 0 Å². The predicted octanol–water partition coefficient (Wildman–Crippen LogP) is 3.19. The van der Waals surface area contributed by atoms with Crippen molar-refractivity contribution in [2.75, 3.05) is 18.0 Å². The maximum atomic E-state index is 12.0. The number of carbonyl (C=O) groups is 1. The highest BCUT2D eigenvalue weighted by Gasteiger charge is 2.21. The van der Waals surface area contributed by atoms with Gasteiger partial charge in [0, 0.05) is 48.0 Å². The van der Waals surface area contributed by atoms with E-state index in [1.165, 1.54) is 0 Å². The molecule has 0 bridgehead atoms. The van der Waals surface area contributed by atoms with Gasteiger partial charge in [-0.25, -0.2) is 9.78 Å². The number of aromatic nitrogens is 2. The van der Waals surface area contributed by atoms with Crippen LogP contribution in [0.4, 0.5) is 10.5 Å². The Morgan fingerprint density at radius 1 is 1.14 bits per heavy atom. The molecule has 146 valence electrons. The Hall–Kier alpha value is -3.56. The number of hydrogen-bond donors (Lipinski definition) is 2. The van der Waals surface area contributed by atoms with Crippen molar-refractivity contribution < 1.29 is 9.90 Å². The second-order valence-corrected chi connectivity index (χ2v) is 7.41. The highest BCUT2D eigenvalue weighted by atomic mass is 16.3. The summed E-state index contributed by atoms with van der Waals surface area (Å²) < 4.78 is 2.00. The van der Waals surface area contributed by atoms with Gasteiger partial charge in [-0.05, 0) is 44.2 Å². The first kappa shape index (κ1) is 18.8. The third-order valence-electron chi connectivity index (χ3n) is 4.57. The molecule has 29 heavy (non-hydrogen) atoms. The van der Waals surface area contributed by atoms with Gasteiger partial charge in [-0.2, -0.15) is 0 Å². The number of rotatable bonds is 3. The molecule has 2 heterocycles. The van der Waals surface area contributed by atoms with E-state index in [9.17, 15) is 9.90 Å². The van der Waals surface area contributed by atoms with Gasteiger partial charge in [-0.15, -0.1) is 0 Å². The molecule has 1 fully saturated rings. The van der Waals surface area contributed by atoms with Crippen molar-refractivity contribution in [1.29, 1.82) is 0 Å². The fraction of sp³-hybridized carbons (Fsp3) is 0.217. The summed E-state index contributed by atoms with van der Waals surface area (Å²) in [6, 6.07) is 15.5. The topological polar surface area (TPSA) is 70.4 Å². The number of nitrogens with zero attached hydrogens (tertiary/aromatic N) is 3. The highest BCUT2D eigenvalue weighted by Crippen LogP contribution is 2.25. The molecule has 1 aliphatic heterocycles. The van der Waals surface area contributed by atoms with Gasteiger partial charge in [0.25, 0.3) is 0 Å². The molecule has 0 radical (unpaired) electrons. The molecule has 4 rings (SSSR count). The number of aliphatic hydroxyl groups is 1. The van der Waals surface area contributed by atoms with Crippen LogP contribution in [0.25, 0.3) is 17.1 Å². The SMILES string of the molecule is CC(C)(O)C#Cc1ccc(-c2nccn2-c2cccc(N3CCNC3=O)c2)cc1. The molecule has 2 aromatic carbocycles. The maximum absolute atomic E-state index is 12.0. The van der Waals surface area contributed by atoms with Gasteiger partial charge in [0.1, 0.15) is 11.4 Å². The van der Waals surface area contributed by atoms with Crippen LogP contribution in [0.3, 0.4) is 0 Å². The lowest BCUT2D eigenvalue weighted by Crippen LogP contribution is -2.27. The van der Waals surface area contributed by atoms with Crippen LogP contribution < -0.4 is 10.2 Å². The van der Waals surface area contributed by atoms with Gasteiger partial charge in [0.05, 0.1) is 0 Å². The minimum atomic E-state index is -1.02. The van der Waals surface area contributed by atoms with E-state index in [4.69, 9.17) is 0 Å². The number of imidazole rings is 1. The molecule has 0 unspecified atom stereocenters. The molecule has 1 aliphatic rings. The van der Waals surface area contributed by atoms with Gasteiger partial charge < -0.3 is 10.4 Å². The Labute approximate surface area is 169 Å². The second kappa shape index (κ2) is 7.46. The molecule has 2 amide bonds. The van der Waals surface area contributed by atoms with Crippen molar-refractivity contribution in [2.45, 2.75) is 19.4 Å².